The van der Waals surface area contributed by atoms with E-state index >= 15 is 0 Å². The number of aromatic nitrogens is 1. The molecule has 0 spiro atoms. The van der Waals surface area contributed by atoms with Gasteiger partial charge in [-0.3, -0.25) is 14.2 Å². The zero-order valence-corrected chi connectivity index (χ0v) is 21.4. The summed E-state index contributed by atoms with van der Waals surface area (Å²) in [5.41, 5.74) is 2.22. The van der Waals surface area contributed by atoms with Crippen molar-refractivity contribution < 1.29 is 19.1 Å². The molecular formula is C26H24N2O5S2. The molecule has 0 N–H and O–H groups in total. The minimum Gasteiger partial charge on any atom is -0.463 e. The normalized spacial score (nSPS) is 15.4. The van der Waals surface area contributed by atoms with E-state index in [0.29, 0.717) is 26.4 Å². The molecule has 0 radical (unpaired) electrons. The quantitative estimate of drug-likeness (QED) is 0.288. The highest BCUT2D eigenvalue weighted by Gasteiger charge is 2.33. The summed E-state index contributed by atoms with van der Waals surface area (Å²) in [7, 11) is 0. The molecule has 0 amide bonds. The van der Waals surface area contributed by atoms with Crippen LogP contribution in [0.25, 0.3) is 6.08 Å². The second kappa shape index (κ2) is 10.5. The first-order chi connectivity index (χ1) is 16.8. The second-order valence-corrected chi connectivity index (χ2v) is 9.63. The van der Waals surface area contributed by atoms with E-state index in [1.54, 1.807) is 60.5 Å². The van der Waals surface area contributed by atoms with Crippen LogP contribution in [0.15, 0.2) is 74.5 Å². The predicted molar refractivity (Wildman–Crippen MR) is 136 cm³/mol. The molecule has 180 valence electrons. The van der Waals surface area contributed by atoms with Crippen molar-refractivity contribution in [3.8, 4) is 5.75 Å². The molecule has 0 aliphatic carbocycles. The minimum absolute atomic E-state index is 0.224. The Morgan fingerprint density at radius 2 is 1.83 bits per heavy atom. The molecule has 1 aliphatic rings. The van der Waals surface area contributed by atoms with Crippen LogP contribution in [-0.4, -0.2) is 29.4 Å². The smallest absolute Gasteiger partial charge is 0.338 e. The third kappa shape index (κ3) is 5.16. The number of ether oxygens (including phenoxy) is 2. The lowest BCUT2D eigenvalue weighted by molar-refractivity contribution is -0.139. The highest BCUT2D eigenvalue weighted by Crippen LogP contribution is 2.31. The highest BCUT2D eigenvalue weighted by atomic mass is 32.2. The van der Waals surface area contributed by atoms with Gasteiger partial charge in [0.25, 0.3) is 5.56 Å². The summed E-state index contributed by atoms with van der Waals surface area (Å²) in [6.45, 7) is 5.08. The third-order valence-electron chi connectivity index (χ3n) is 5.39. The Morgan fingerprint density at radius 1 is 1.14 bits per heavy atom. The Kier molecular flexibility index (Phi) is 7.37. The van der Waals surface area contributed by atoms with E-state index in [1.807, 2.05) is 30.5 Å². The zero-order valence-electron chi connectivity index (χ0n) is 19.7. The summed E-state index contributed by atoms with van der Waals surface area (Å²) in [5.74, 6) is -0.452. The van der Waals surface area contributed by atoms with Gasteiger partial charge in [0.05, 0.1) is 28.5 Å². The van der Waals surface area contributed by atoms with Crippen LogP contribution in [-0.2, 0) is 14.3 Å². The fourth-order valence-electron chi connectivity index (χ4n) is 3.84. The predicted octanol–water partition coefficient (Wildman–Crippen LogP) is 3.45. The number of hydrogen-bond acceptors (Lipinski definition) is 8. The van der Waals surface area contributed by atoms with E-state index < -0.39 is 18.0 Å². The largest absolute Gasteiger partial charge is 0.463 e. The minimum atomic E-state index is -0.644. The van der Waals surface area contributed by atoms with E-state index in [2.05, 4.69) is 4.99 Å². The monoisotopic (exact) mass is 508 g/mol. The van der Waals surface area contributed by atoms with Crippen molar-refractivity contribution in [2.75, 3.05) is 12.9 Å². The molecule has 9 heteroatoms. The molecule has 1 aliphatic heterocycles. The number of nitrogens with zero attached hydrogens (tertiary/aromatic N) is 2. The Hall–Kier alpha value is -3.43. The Bertz CT molecular complexity index is 1480. The Balaban J connectivity index is 1.85. The molecule has 7 nitrogen and oxygen atoms in total. The second-order valence-electron chi connectivity index (χ2n) is 7.74. The third-order valence-corrected chi connectivity index (χ3v) is 7.11. The number of thioether (sulfide) groups is 1. The van der Waals surface area contributed by atoms with Crippen LogP contribution in [0, 0.1) is 0 Å². The van der Waals surface area contributed by atoms with Gasteiger partial charge in [-0.15, -0.1) is 11.8 Å². The van der Waals surface area contributed by atoms with Crippen LogP contribution in [0.2, 0.25) is 0 Å². The van der Waals surface area contributed by atoms with Gasteiger partial charge in [0, 0.05) is 11.8 Å². The van der Waals surface area contributed by atoms with Gasteiger partial charge in [0.1, 0.15) is 5.75 Å². The summed E-state index contributed by atoms with van der Waals surface area (Å²) >= 11 is 2.88. The van der Waals surface area contributed by atoms with Gasteiger partial charge in [0.15, 0.2) is 4.80 Å². The lowest BCUT2D eigenvalue weighted by Gasteiger charge is -2.24. The molecule has 1 aromatic heterocycles. The molecule has 4 rings (SSSR count). The number of hydrogen-bond donors (Lipinski definition) is 0. The van der Waals surface area contributed by atoms with Crippen LogP contribution in [0.5, 0.6) is 5.75 Å². The van der Waals surface area contributed by atoms with Crippen molar-refractivity contribution >= 4 is 41.1 Å². The average molecular weight is 509 g/mol. The van der Waals surface area contributed by atoms with Crippen LogP contribution in [0.1, 0.15) is 37.9 Å². The number of esters is 2. The van der Waals surface area contributed by atoms with Gasteiger partial charge in [-0.1, -0.05) is 35.6 Å². The lowest BCUT2D eigenvalue weighted by Crippen LogP contribution is -2.39. The van der Waals surface area contributed by atoms with Crippen molar-refractivity contribution in [1.82, 2.24) is 4.57 Å². The molecule has 35 heavy (non-hydrogen) atoms. The molecule has 0 unspecified atom stereocenters. The van der Waals surface area contributed by atoms with Crippen molar-refractivity contribution in [3.63, 3.8) is 0 Å². The number of rotatable bonds is 6. The van der Waals surface area contributed by atoms with Gasteiger partial charge >= 0.3 is 11.9 Å². The molecule has 0 saturated heterocycles. The number of allylic oxidation sites excluding steroid dienone is 1. The number of benzene rings is 2. The fraction of sp³-hybridized carbons (Fsp3) is 0.231. The number of fused-ring (bicyclic) bond motifs is 1. The maximum atomic E-state index is 13.6. The summed E-state index contributed by atoms with van der Waals surface area (Å²) in [6.07, 6.45) is 3.75. The van der Waals surface area contributed by atoms with Crippen molar-refractivity contribution in [2.24, 2.45) is 4.99 Å². The van der Waals surface area contributed by atoms with Crippen molar-refractivity contribution in [1.29, 1.82) is 0 Å². The first kappa shape index (κ1) is 24.7. The van der Waals surface area contributed by atoms with Gasteiger partial charge in [-0.2, -0.15) is 0 Å². The van der Waals surface area contributed by atoms with Crippen LogP contribution in [0.4, 0.5) is 0 Å². The topological polar surface area (TPSA) is 87.0 Å². The summed E-state index contributed by atoms with van der Waals surface area (Å²) in [6, 6.07) is 14.0. The van der Waals surface area contributed by atoms with E-state index in [-0.39, 0.29) is 12.2 Å². The van der Waals surface area contributed by atoms with E-state index in [4.69, 9.17) is 9.47 Å². The van der Waals surface area contributed by atoms with Gasteiger partial charge in [-0.25, -0.2) is 9.79 Å². The number of carbonyl (C=O) groups is 2. The standard InChI is InChI=1S/C26H24N2O5S2/c1-5-32-25(31)22-15(2)27-26-28(23(22)18-8-12-20(34-4)13-9-18)24(30)21(35-26)14-17-6-10-19(11-7-17)33-16(3)29/h6-14,23H,5H2,1-4H3/b21-14-/t23-/m1/s1. The van der Waals surface area contributed by atoms with Crippen molar-refractivity contribution in [2.45, 2.75) is 31.7 Å². The average Bonchev–Trinajstić information content (AvgIpc) is 3.13. The van der Waals surface area contributed by atoms with Crippen LogP contribution >= 0.6 is 23.1 Å². The summed E-state index contributed by atoms with van der Waals surface area (Å²) < 4.78 is 12.4. The molecule has 3 aromatic rings. The number of carbonyl (C=O) groups excluding carboxylic acids is 2. The van der Waals surface area contributed by atoms with Gasteiger partial charge in [0.2, 0.25) is 0 Å². The lowest BCUT2D eigenvalue weighted by atomic mass is 9.96. The zero-order chi connectivity index (χ0) is 25.1. The SMILES string of the molecule is CCOC(=O)C1=C(C)N=c2s/c(=C\c3ccc(OC(C)=O)cc3)c(=O)n2[C@@H]1c1ccc(SC)cc1. The van der Waals surface area contributed by atoms with Gasteiger partial charge < -0.3 is 9.47 Å². The molecule has 0 fully saturated rings. The molecule has 2 heterocycles. The maximum Gasteiger partial charge on any atom is 0.338 e. The first-order valence-electron chi connectivity index (χ1n) is 10.9. The van der Waals surface area contributed by atoms with Crippen LogP contribution in [0.3, 0.4) is 0 Å². The van der Waals surface area contributed by atoms with Crippen LogP contribution < -0.4 is 19.6 Å². The molecule has 0 bridgehead atoms. The summed E-state index contributed by atoms with van der Waals surface area (Å²) in [4.78, 5) is 43.9. The van der Waals surface area contributed by atoms with E-state index in [0.717, 1.165) is 16.0 Å². The summed E-state index contributed by atoms with van der Waals surface area (Å²) in [5, 5.41) is 0. The molecular weight excluding hydrogens is 484 g/mol. The van der Waals surface area contributed by atoms with E-state index in [9.17, 15) is 14.4 Å². The molecule has 0 saturated carbocycles. The maximum absolute atomic E-state index is 13.6. The molecule has 1 atom stereocenters. The van der Waals surface area contributed by atoms with Gasteiger partial charge in [-0.05, 0) is 61.6 Å². The number of thiazole rings is 1. The van der Waals surface area contributed by atoms with E-state index in [1.165, 1.54) is 18.3 Å². The van der Waals surface area contributed by atoms with Crippen molar-refractivity contribution in [3.05, 3.63) is 90.6 Å². The fourth-order valence-corrected chi connectivity index (χ4v) is 5.30. The Morgan fingerprint density at radius 3 is 2.43 bits per heavy atom. The highest BCUT2D eigenvalue weighted by molar-refractivity contribution is 7.98. The molecule has 2 aromatic carbocycles. The first-order valence-corrected chi connectivity index (χ1v) is 13.0. The Labute approximate surface area is 210 Å².